The van der Waals surface area contributed by atoms with Crippen LogP contribution in [-0.4, -0.2) is 31.3 Å². The summed E-state index contributed by atoms with van der Waals surface area (Å²) in [5.41, 5.74) is 0.882. The van der Waals surface area contributed by atoms with E-state index in [1.54, 1.807) is 7.11 Å². The highest BCUT2D eigenvalue weighted by atomic mass is 35.5. The van der Waals surface area contributed by atoms with Crippen LogP contribution in [-0.2, 0) is 11.3 Å². The molecule has 0 atom stereocenters. The summed E-state index contributed by atoms with van der Waals surface area (Å²) < 4.78 is 10.7. The molecule has 0 bridgehead atoms. The van der Waals surface area contributed by atoms with Crippen LogP contribution in [0.1, 0.15) is 12.5 Å². The summed E-state index contributed by atoms with van der Waals surface area (Å²) in [6.07, 6.45) is 0. The summed E-state index contributed by atoms with van der Waals surface area (Å²) in [6, 6.07) is 5.53. The standard InChI is InChI=1S/C12H17NO4.ClH/c1-3-17-12-9(7-13-8-11(14)15)5-4-6-10(12)16-2;/h4-6,13H,3,7-8H2,1-2H3,(H,14,15);1H. The number of benzene rings is 1. The van der Waals surface area contributed by atoms with Gasteiger partial charge >= 0.3 is 5.97 Å². The largest absolute Gasteiger partial charge is 0.493 e. The Labute approximate surface area is 113 Å². The fraction of sp³-hybridized carbons (Fsp3) is 0.417. The lowest BCUT2D eigenvalue weighted by Crippen LogP contribution is -2.22. The summed E-state index contributed by atoms with van der Waals surface area (Å²) in [5.74, 6) is 0.433. The minimum absolute atomic E-state index is 0. The number of carboxylic acid groups (broad SMARTS) is 1. The van der Waals surface area contributed by atoms with Gasteiger partial charge in [-0.1, -0.05) is 12.1 Å². The second kappa shape index (κ2) is 8.60. The highest BCUT2D eigenvalue weighted by Crippen LogP contribution is 2.30. The molecule has 18 heavy (non-hydrogen) atoms. The van der Waals surface area contributed by atoms with Gasteiger partial charge in [0.25, 0.3) is 0 Å². The number of methoxy groups -OCH3 is 1. The van der Waals surface area contributed by atoms with E-state index in [4.69, 9.17) is 14.6 Å². The van der Waals surface area contributed by atoms with Gasteiger partial charge in [0.1, 0.15) is 0 Å². The number of rotatable bonds is 7. The molecule has 0 radical (unpaired) electrons. The maximum absolute atomic E-state index is 10.4. The summed E-state index contributed by atoms with van der Waals surface area (Å²) in [5, 5.41) is 11.4. The molecular formula is C12H18ClNO4. The Kier molecular flexibility index (Phi) is 7.91. The van der Waals surface area contributed by atoms with Crippen molar-refractivity contribution in [1.82, 2.24) is 5.32 Å². The van der Waals surface area contributed by atoms with Crippen LogP contribution in [0.3, 0.4) is 0 Å². The van der Waals surface area contributed by atoms with E-state index in [1.165, 1.54) is 0 Å². The molecule has 1 rings (SSSR count). The Hall–Kier alpha value is -1.46. The molecule has 0 aromatic heterocycles. The van der Waals surface area contributed by atoms with Gasteiger partial charge in [-0.25, -0.2) is 0 Å². The van der Waals surface area contributed by atoms with E-state index >= 15 is 0 Å². The summed E-state index contributed by atoms with van der Waals surface area (Å²) in [7, 11) is 1.58. The van der Waals surface area contributed by atoms with Gasteiger partial charge in [0.05, 0.1) is 20.3 Å². The fourth-order valence-corrected chi connectivity index (χ4v) is 1.47. The van der Waals surface area contributed by atoms with E-state index in [0.717, 1.165) is 5.56 Å². The molecular weight excluding hydrogens is 258 g/mol. The van der Waals surface area contributed by atoms with E-state index in [2.05, 4.69) is 5.32 Å². The van der Waals surface area contributed by atoms with E-state index in [-0.39, 0.29) is 19.0 Å². The van der Waals surface area contributed by atoms with Gasteiger partial charge in [0, 0.05) is 12.1 Å². The predicted octanol–water partition coefficient (Wildman–Crippen LogP) is 1.69. The normalized spacial score (nSPS) is 9.44. The van der Waals surface area contributed by atoms with E-state index in [0.29, 0.717) is 24.7 Å². The van der Waals surface area contributed by atoms with Gasteiger partial charge in [-0.3, -0.25) is 4.79 Å². The number of aliphatic carboxylic acids is 1. The predicted molar refractivity (Wildman–Crippen MR) is 70.8 cm³/mol. The topological polar surface area (TPSA) is 67.8 Å². The first-order valence-electron chi connectivity index (χ1n) is 5.40. The first-order chi connectivity index (χ1) is 8.19. The summed E-state index contributed by atoms with van der Waals surface area (Å²) in [6.45, 7) is 2.77. The van der Waals surface area contributed by atoms with Crippen molar-refractivity contribution in [3.8, 4) is 11.5 Å². The monoisotopic (exact) mass is 275 g/mol. The smallest absolute Gasteiger partial charge is 0.317 e. The quantitative estimate of drug-likeness (QED) is 0.793. The molecule has 5 nitrogen and oxygen atoms in total. The average Bonchev–Trinajstić information content (AvgIpc) is 2.30. The summed E-state index contributed by atoms with van der Waals surface area (Å²) in [4.78, 5) is 10.4. The Morgan fingerprint density at radius 1 is 1.44 bits per heavy atom. The zero-order valence-electron chi connectivity index (χ0n) is 10.4. The lowest BCUT2D eigenvalue weighted by atomic mass is 10.2. The van der Waals surface area contributed by atoms with E-state index < -0.39 is 5.97 Å². The van der Waals surface area contributed by atoms with Crippen LogP contribution >= 0.6 is 12.4 Å². The van der Waals surface area contributed by atoms with Crippen LogP contribution in [0.5, 0.6) is 11.5 Å². The number of nitrogens with one attached hydrogen (secondary N) is 1. The third kappa shape index (κ3) is 4.81. The number of carboxylic acids is 1. The lowest BCUT2D eigenvalue weighted by Gasteiger charge is -2.14. The molecule has 0 saturated heterocycles. The number of para-hydroxylation sites is 1. The molecule has 2 N–H and O–H groups in total. The van der Waals surface area contributed by atoms with E-state index in [9.17, 15) is 4.79 Å². The molecule has 0 aliphatic heterocycles. The molecule has 0 aliphatic rings. The van der Waals surface area contributed by atoms with Crippen molar-refractivity contribution >= 4 is 18.4 Å². The van der Waals surface area contributed by atoms with Gasteiger partial charge < -0.3 is 19.9 Å². The number of ether oxygens (including phenoxy) is 2. The Morgan fingerprint density at radius 2 is 2.17 bits per heavy atom. The van der Waals surface area contributed by atoms with Crippen LogP contribution in [0.15, 0.2) is 18.2 Å². The minimum atomic E-state index is -0.883. The first kappa shape index (κ1) is 16.5. The fourth-order valence-electron chi connectivity index (χ4n) is 1.47. The molecule has 1 aromatic carbocycles. The van der Waals surface area contributed by atoms with Crippen LogP contribution in [0.25, 0.3) is 0 Å². The van der Waals surface area contributed by atoms with Crippen LogP contribution in [0.4, 0.5) is 0 Å². The van der Waals surface area contributed by atoms with Crippen molar-refractivity contribution in [2.24, 2.45) is 0 Å². The van der Waals surface area contributed by atoms with Crippen molar-refractivity contribution in [3.63, 3.8) is 0 Å². The molecule has 102 valence electrons. The van der Waals surface area contributed by atoms with Gasteiger partial charge in [-0.05, 0) is 13.0 Å². The van der Waals surface area contributed by atoms with Crippen molar-refractivity contribution in [3.05, 3.63) is 23.8 Å². The highest BCUT2D eigenvalue weighted by molar-refractivity contribution is 5.85. The Morgan fingerprint density at radius 3 is 2.72 bits per heavy atom. The zero-order chi connectivity index (χ0) is 12.7. The highest BCUT2D eigenvalue weighted by Gasteiger charge is 2.09. The molecule has 0 aliphatic carbocycles. The molecule has 0 spiro atoms. The number of halogens is 1. The number of hydrogen-bond acceptors (Lipinski definition) is 4. The van der Waals surface area contributed by atoms with Crippen molar-refractivity contribution in [1.29, 1.82) is 0 Å². The van der Waals surface area contributed by atoms with Crippen molar-refractivity contribution < 1.29 is 19.4 Å². The lowest BCUT2D eigenvalue weighted by molar-refractivity contribution is -0.136. The van der Waals surface area contributed by atoms with Crippen LogP contribution in [0, 0.1) is 0 Å². The minimum Gasteiger partial charge on any atom is -0.493 e. The molecule has 0 fully saturated rings. The molecule has 0 amide bonds. The molecule has 0 heterocycles. The van der Waals surface area contributed by atoms with Crippen LogP contribution < -0.4 is 14.8 Å². The van der Waals surface area contributed by atoms with Crippen LogP contribution in [0.2, 0.25) is 0 Å². The molecule has 6 heteroatoms. The van der Waals surface area contributed by atoms with Gasteiger partial charge in [-0.15, -0.1) is 12.4 Å². The third-order valence-corrected chi connectivity index (χ3v) is 2.16. The third-order valence-electron chi connectivity index (χ3n) is 2.16. The van der Waals surface area contributed by atoms with Gasteiger partial charge in [0.15, 0.2) is 11.5 Å². The molecule has 0 unspecified atom stereocenters. The maximum Gasteiger partial charge on any atom is 0.317 e. The molecule has 0 saturated carbocycles. The average molecular weight is 276 g/mol. The van der Waals surface area contributed by atoms with Crippen molar-refractivity contribution in [2.45, 2.75) is 13.5 Å². The summed E-state index contributed by atoms with van der Waals surface area (Å²) >= 11 is 0. The Balaban J connectivity index is 0.00000289. The van der Waals surface area contributed by atoms with Crippen molar-refractivity contribution in [2.75, 3.05) is 20.3 Å². The number of carbonyl (C=O) groups is 1. The first-order valence-corrected chi connectivity index (χ1v) is 5.40. The zero-order valence-corrected chi connectivity index (χ0v) is 11.3. The number of hydrogen-bond donors (Lipinski definition) is 2. The Bertz CT molecular complexity index is 384. The maximum atomic E-state index is 10.4. The SMILES string of the molecule is CCOc1c(CNCC(=O)O)cccc1OC.Cl. The second-order valence-corrected chi connectivity index (χ2v) is 3.38. The van der Waals surface area contributed by atoms with Gasteiger partial charge in [-0.2, -0.15) is 0 Å². The van der Waals surface area contributed by atoms with Gasteiger partial charge in [0.2, 0.25) is 0 Å². The second-order valence-electron chi connectivity index (χ2n) is 3.38. The van der Waals surface area contributed by atoms with E-state index in [1.807, 2.05) is 25.1 Å². The molecule has 1 aromatic rings.